The van der Waals surface area contributed by atoms with Gasteiger partial charge in [-0.25, -0.2) is 8.42 Å². The Kier molecular flexibility index (Phi) is 10.9. The lowest BCUT2D eigenvalue weighted by Gasteiger charge is -2.39. The molecule has 0 radical (unpaired) electrons. The highest BCUT2D eigenvalue weighted by molar-refractivity contribution is 7.89. The first kappa shape index (κ1) is 32.3. The van der Waals surface area contributed by atoms with Crippen LogP contribution in [0.3, 0.4) is 0 Å². The van der Waals surface area contributed by atoms with Crippen LogP contribution in [0.1, 0.15) is 27.5 Å². The third kappa shape index (κ3) is 8.33. The van der Waals surface area contributed by atoms with E-state index in [-0.39, 0.29) is 22.0 Å². The maximum Gasteiger partial charge on any atom is 0.257 e. The topological polar surface area (TPSA) is 100 Å². The number of nitrogens with one attached hydrogen (secondary N) is 2. The third-order valence-electron chi connectivity index (χ3n) is 7.52. The summed E-state index contributed by atoms with van der Waals surface area (Å²) in [6.07, 6.45) is 0. The summed E-state index contributed by atoms with van der Waals surface area (Å²) in [6, 6.07) is 33.7. The van der Waals surface area contributed by atoms with Crippen LogP contribution in [0.4, 0.5) is 5.69 Å². The molecule has 45 heavy (non-hydrogen) atoms. The fraction of sp³-hybridized carbons (Fsp3) is 0.235. The molecule has 1 aliphatic rings. The molecular weight excluding hydrogens is 609 g/mol. The van der Waals surface area contributed by atoms with E-state index < -0.39 is 10.0 Å². The zero-order chi connectivity index (χ0) is 31.6. The molecule has 0 unspecified atom stereocenters. The van der Waals surface area contributed by atoms with E-state index in [2.05, 4.69) is 39.8 Å². The number of nitrogens with zero attached hydrogens (tertiary/aromatic N) is 2. The van der Waals surface area contributed by atoms with Crippen LogP contribution in [0.2, 0.25) is 0 Å². The van der Waals surface area contributed by atoms with Gasteiger partial charge in [0.2, 0.25) is 10.0 Å². The van der Waals surface area contributed by atoms with Crippen molar-refractivity contribution in [2.24, 2.45) is 0 Å². The Morgan fingerprint density at radius 1 is 0.800 bits per heavy atom. The average molecular weight is 645 g/mol. The highest BCUT2D eigenvalue weighted by atomic mass is 32.2. The van der Waals surface area contributed by atoms with E-state index in [4.69, 9.17) is 21.7 Å². The third-order valence-corrected chi connectivity index (χ3v) is 9.64. The molecule has 1 heterocycles. The van der Waals surface area contributed by atoms with Crippen molar-refractivity contribution in [1.82, 2.24) is 14.5 Å². The summed E-state index contributed by atoms with van der Waals surface area (Å²) in [5, 5.41) is 5.68. The number of carbonyl (C=O) groups is 1. The molecule has 4 aromatic carbocycles. The van der Waals surface area contributed by atoms with Crippen molar-refractivity contribution in [1.29, 1.82) is 0 Å². The number of thiocarbonyl (C=S) groups is 1. The number of carbonyl (C=O) groups excluding carboxylic acids is 1. The second kappa shape index (κ2) is 15.2. The summed E-state index contributed by atoms with van der Waals surface area (Å²) in [7, 11) is -2.09. The summed E-state index contributed by atoms with van der Waals surface area (Å²) in [5.41, 5.74) is 3.33. The Labute approximate surface area is 269 Å². The molecule has 0 bridgehead atoms. The molecule has 2 N–H and O–H groups in total. The lowest BCUT2D eigenvalue weighted by Crippen LogP contribution is -2.49. The Hall–Kier alpha value is -4.13. The summed E-state index contributed by atoms with van der Waals surface area (Å²) >= 11 is 5.31. The normalized spacial score (nSPS) is 14.2. The highest BCUT2D eigenvalue weighted by Gasteiger charge is 2.32. The molecule has 234 valence electrons. The predicted molar refractivity (Wildman–Crippen MR) is 179 cm³/mol. The molecule has 1 amide bonds. The zero-order valence-corrected chi connectivity index (χ0v) is 26.6. The highest BCUT2D eigenvalue weighted by Crippen LogP contribution is 2.30. The molecule has 1 fully saturated rings. The number of piperazine rings is 1. The van der Waals surface area contributed by atoms with Crippen molar-refractivity contribution in [2.45, 2.75) is 10.9 Å². The first-order chi connectivity index (χ1) is 21.8. The first-order valence-corrected chi connectivity index (χ1v) is 16.5. The van der Waals surface area contributed by atoms with Gasteiger partial charge in [0.25, 0.3) is 5.91 Å². The van der Waals surface area contributed by atoms with Crippen molar-refractivity contribution in [3.63, 3.8) is 0 Å². The van der Waals surface area contributed by atoms with E-state index in [0.29, 0.717) is 56.4 Å². The Balaban J connectivity index is 1.16. The maximum absolute atomic E-state index is 13.5. The summed E-state index contributed by atoms with van der Waals surface area (Å²) in [6.45, 7) is 2.85. The van der Waals surface area contributed by atoms with Crippen LogP contribution in [0.5, 0.6) is 5.75 Å². The van der Waals surface area contributed by atoms with Crippen LogP contribution >= 0.6 is 12.2 Å². The van der Waals surface area contributed by atoms with E-state index in [1.54, 1.807) is 55.6 Å². The molecule has 5 rings (SSSR count). The van der Waals surface area contributed by atoms with E-state index in [1.807, 2.05) is 36.4 Å². The number of rotatable bonds is 11. The van der Waals surface area contributed by atoms with Gasteiger partial charge < -0.3 is 14.8 Å². The molecule has 1 aliphatic heterocycles. The fourth-order valence-corrected chi connectivity index (χ4v) is 6.86. The summed E-state index contributed by atoms with van der Waals surface area (Å²) < 4.78 is 39.1. The molecule has 4 aromatic rings. The fourth-order valence-electron chi connectivity index (χ4n) is 5.23. The molecule has 11 heteroatoms. The molecule has 1 saturated heterocycles. The van der Waals surface area contributed by atoms with Crippen LogP contribution in [-0.2, 0) is 14.8 Å². The van der Waals surface area contributed by atoms with Gasteiger partial charge in [0.1, 0.15) is 12.4 Å². The van der Waals surface area contributed by atoms with E-state index in [0.717, 1.165) is 0 Å². The number of anilines is 1. The summed E-state index contributed by atoms with van der Waals surface area (Å²) in [5.74, 6) is 0.251. The number of ether oxygens (including phenoxy) is 2. The Morgan fingerprint density at radius 2 is 1.38 bits per heavy atom. The van der Waals surface area contributed by atoms with Crippen LogP contribution in [0, 0.1) is 0 Å². The van der Waals surface area contributed by atoms with Crippen molar-refractivity contribution in [3.05, 3.63) is 126 Å². The predicted octanol–water partition coefficient (Wildman–Crippen LogP) is 4.93. The van der Waals surface area contributed by atoms with Gasteiger partial charge in [-0.1, -0.05) is 60.7 Å². The van der Waals surface area contributed by atoms with Crippen molar-refractivity contribution < 1.29 is 22.7 Å². The minimum Gasteiger partial charge on any atom is -0.491 e. The van der Waals surface area contributed by atoms with Crippen LogP contribution in [0.15, 0.2) is 114 Å². The van der Waals surface area contributed by atoms with Gasteiger partial charge in [0.15, 0.2) is 5.11 Å². The number of methoxy groups -OCH3 is 1. The standard InChI is InChI=1S/C34H36N4O5S2/c1-42-24-25-43-30-16-12-28(13-17-30)33(39)36-34(44)35-29-14-18-31(19-15-29)45(40,41)38-22-20-37(21-23-38)32(26-8-4-2-5-9-26)27-10-6-3-7-11-27/h2-19,32H,20-25H2,1H3,(H2,35,36,39,44). The van der Waals surface area contributed by atoms with Gasteiger partial charge in [-0.3, -0.25) is 15.0 Å². The second-order valence-electron chi connectivity index (χ2n) is 10.5. The second-order valence-corrected chi connectivity index (χ2v) is 12.8. The lowest BCUT2D eigenvalue weighted by atomic mass is 9.96. The van der Waals surface area contributed by atoms with Gasteiger partial charge in [0, 0.05) is 44.5 Å². The lowest BCUT2D eigenvalue weighted by molar-refractivity contribution is 0.0977. The minimum atomic E-state index is -3.69. The quantitative estimate of drug-likeness (QED) is 0.175. The molecule has 0 aliphatic carbocycles. The van der Waals surface area contributed by atoms with E-state index in [1.165, 1.54) is 15.4 Å². The number of benzene rings is 4. The van der Waals surface area contributed by atoms with Gasteiger partial charge in [-0.05, 0) is 71.9 Å². The van der Waals surface area contributed by atoms with Crippen molar-refractivity contribution in [2.75, 3.05) is 51.8 Å². The average Bonchev–Trinajstić information content (AvgIpc) is 3.07. The van der Waals surface area contributed by atoms with Crippen LogP contribution in [-0.4, -0.2) is 75.1 Å². The molecule has 0 spiro atoms. The Bertz CT molecular complexity index is 1620. The number of hydrogen-bond acceptors (Lipinski definition) is 7. The first-order valence-electron chi connectivity index (χ1n) is 14.6. The number of amides is 1. The van der Waals surface area contributed by atoms with Crippen molar-refractivity contribution in [3.8, 4) is 5.75 Å². The molecule has 0 saturated carbocycles. The van der Waals surface area contributed by atoms with Gasteiger partial charge >= 0.3 is 0 Å². The minimum absolute atomic E-state index is 0.0476. The Morgan fingerprint density at radius 3 is 1.93 bits per heavy atom. The van der Waals surface area contributed by atoms with Crippen LogP contribution in [0.25, 0.3) is 0 Å². The van der Waals surface area contributed by atoms with Gasteiger partial charge in [-0.15, -0.1) is 0 Å². The molecule has 9 nitrogen and oxygen atoms in total. The number of sulfonamides is 1. The monoisotopic (exact) mass is 644 g/mol. The van der Waals surface area contributed by atoms with Crippen molar-refractivity contribution >= 4 is 38.9 Å². The summed E-state index contributed by atoms with van der Waals surface area (Å²) in [4.78, 5) is 15.2. The molecule has 0 atom stereocenters. The largest absolute Gasteiger partial charge is 0.491 e. The van der Waals surface area contributed by atoms with E-state index >= 15 is 0 Å². The van der Waals surface area contributed by atoms with Gasteiger partial charge in [0.05, 0.1) is 17.5 Å². The van der Waals surface area contributed by atoms with E-state index in [9.17, 15) is 13.2 Å². The van der Waals surface area contributed by atoms with Gasteiger partial charge in [-0.2, -0.15) is 4.31 Å². The zero-order valence-electron chi connectivity index (χ0n) is 25.0. The maximum atomic E-state index is 13.5. The molecule has 0 aromatic heterocycles. The SMILES string of the molecule is COCCOc1ccc(C(=O)NC(=S)Nc2ccc(S(=O)(=O)N3CCN(C(c4ccccc4)c4ccccc4)CC3)cc2)cc1. The van der Waals surface area contributed by atoms with Crippen LogP contribution < -0.4 is 15.4 Å². The molecular formula is C34H36N4O5S2. The number of hydrogen-bond donors (Lipinski definition) is 2. The smallest absolute Gasteiger partial charge is 0.257 e.